The molecule has 4 heterocycles. The minimum absolute atomic E-state index is 0.0103. The van der Waals surface area contributed by atoms with Gasteiger partial charge in [0.1, 0.15) is 67.1 Å². The summed E-state index contributed by atoms with van der Waals surface area (Å²) in [4.78, 5) is 0. The molecular formula is C55H94O21. The predicted octanol–water partition coefficient (Wildman–Crippen LogP) is 0.102. The molecule has 8 rings (SSSR count). The molecule has 0 spiro atoms. The Morgan fingerprint density at radius 3 is 1.91 bits per heavy atom. The van der Waals surface area contributed by atoms with Gasteiger partial charge in [-0.1, -0.05) is 60.1 Å². The first kappa shape index (κ1) is 61.0. The highest BCUT2D eigenvalue weighted by Crippen LogP contribution is 2.75. The summed E-state index contributed by atoms with van der Waals surface area (Å²) >= 11 is 0. The highest BCUT2D eigenvalue weighted by molar-refractivity contribution is 5.30. The van der Waals surface area contributed by atoms with Crippen LogP contribution in [0.3, 0.4) is 0 Å². The molecule has 4 aliphatic carbocycles. The van der Waals surface area contributed by atoms with E-state index in [9.17, 15) is 66.4 Å². The van der Waals surface area contributed by atoms with Gasteiger partial charge in [-0.05, 0) is 112 Å². The number of hydrogen-bond donors (Lipinski definition) is 13. The van der Waals surface area contributed by atoms with Gasteiger partial charge < -0.3 is 104 Å². The molecule has 0 amide bonds. The summed E-state index contributed by atoms with van der Waals surface area (Å²) in [6, 6.07) is 0. The Hall–Kier alpha value is -1.10. The summed E-state index contributed by atoms with van der Waals surface area (Å²) in [6.07, 6.45) is -16.5. The average Bonchev–Trinajstić information content (AvgIpc) is 3.84. The van der Waals surface area contributed by atoms with Gasteiger partial charge in [0.25, 0.3) is 0 Å². The maximum atomic E-state index is 11.8. The molecule has 8 aliphatic rings. The van der Waals surface area contributed by atoms with E-state index in [4.69, 9.17) is 37.9 Å². The van der Waals surface area contributed by atoms with Crippen molar-refractivity contribution in [2.75, 3.05) is 26.4 Å². The van der Waals surface area contributed by atoms with Crippen LogP contribution in [0.2, 0.25) is 0 Å². The van der Waals surface area contributed by atoms with E-state index in [1.807, 2.05) is 0 Å². The number of ether oxygens (including phenoxy) is 8. The lowest BCUT2D eigenvalue weighted by molar-refractivity contribution is -0.379. The van der Waals surface area contributed by atoms with Crippen LogP contribution in [0.15, 0.2) is 11.6 Å². The van der Waals surface area contributed by atoms with E-state index in [1.165, 1.54) is 5.57 Å². The molecular weight excluding hydrogens is 997 g/mol. The molecule has 0 aromatic rings. The van der Waals surface area contributed by atoms with Crippen molar-refractivity contribution in [3.63, 3.8) is 0 Å². The van der Waals surface area contributed by atoms with Gasteiger partial charge in [-0.2, -0.15) is 0 Å². The molecule has 76 heavy (non-hydrogen) atoms. The second kappa shape index (κ2) is 23.3. The van der Waals surface area contributed by atoms with Crippen LogP contribution >= 0.6 is 0 Å². The van der Waals surface area contributed by atoms with Crippen molar-refractivity contribution in [1.29, 1.82) is 0 Å². The molecule has 440 valence electrons. The van der Waals surface area contributed by atoms with Crippen molar-refractivity contribution in [3.8, 4) is 0 Å². The lowest BCUT2D eigenvalue weighted by Gasteiger charge is -2.66. The Morgan fingerprint density at radius 1 is 0.645 bits per heavy atom. The fraction of sp³-hybridized carbons (Fsp3) is 0.964. The van der Waals surface area contributed by atoms with E-state index >= 15 is 0 Å². The third-order valence-electron chi connectivity index (χ3n) is 20.9. The third-order valence-corrected chi connectivity index (χ3v) is 20.9. The van der Waals surface area contributed by atoms with Gasteiger partial charge in [-0.3, -0.25) is 0 Å². The average molecular weight is 1090 g/mol. The predicted molar refractivity (Wildman–Crippen MR) is 268 cm³/mol. The van der Waals surface area contributed by atoms with Crippen LogP contribution in [-0.2, 0) is 37.9 Å². The standard InChI is InChI=1S/C55H94O21/c1-25(28-16-17-55(9)35-13-11-29-30(53(35,7)18-19-54(28,55)8)12-15-36(51(29,3)4)74-48-39(61)31(59)20-27(21-56)70-48)10-14-37(52(5,6)68)75-50-46(76-49-45(67)43(65)41(63)33(23-58)72-49)44(66)42(64)34(73-50)24-69-47-26(2)38(60)40(62)32(22-57)71-47/h11,25-28,30-50,56-68H,10,12-24H2,1-9H3/t25-,26-,27+,28-,30-,31+,32-,33-,34-,35?,36+,37-,38-,39-,40-,41-,42-,43+,44+,45-,46-,47+,48+,49+,50+,53+,54-,55+/m1/s1. The Bertz CT molecular complexity index is 1950. The van der Waals surface area contributed by atoms with Crippen LogP contribution in [0.25, 0.3) is 0 Å². The van der Waals surface area contributed by atoms with Crippen molar-refractivity contribution < 1.29 is 104 Å². The number of rotatable bonds is 17. The lowest BCUT2D eigenvalue weighted by Crippen LogP contribution is -2.65. The van der Waals surface area contributed by atoms with Gasteiger partial charge in [0.2, 0.25) is 0 Å². The van der Waals surface area contributed by atoms with Gasteiger partial charge in [-0.25, -0.2) is 0 Å². The monoisotopic (exact) mass is 1090 g/mol. The Balaban J connectivity index is 0.974. The maximum absolute atomic E-state index is 11.8. The summed E-state index contributed by atoms with van der Waals surface area (Å²) in [7, 11) is 0. The summed E-state index contributed by atoms with van der Waals surface area (Å²) in [5.41, 5.74) is -0.474. The van der Waals surface area contributed by atoms with Crippen LogP contribution in [0, 0.1) is 51.2 Å². The van der Waals surface area contributed by atoms with E-state index in [1.54, 1.807) is 20.8 Å². The SMILES string of the molecule is C[C@H]1[C@@H](OC[C@H]2O[C@@H](O[C@H](CC[C@@H](C)[C@H]3CC[C@@]4(C)C5CC=C6[C@@H](CC[C@H](O[C@@H]7O[C@H](CO)C[C@H](O)[C@H]7O)C6(C)C)[C@]5(C)CC[C@]34C)C(C)(C)O)[C@H](O[C@@H]3O[C@H](CO)[C@@H](O)[C@H](O)[C@H]3O)[C@@H](O)[C@@H]2O)O[C@H](CO)[C@@H](O)[C@@H]1O. The fourth-order valence-corrected chi connectivity index (χ4v) is 15.8. The number of aliphatic hydroxyl groups is 13. The summed E-state index contributed by atoms with van der Waals surface area (Å²) in [5, 5.41) is 139. The Labute approximate surface area is 447 Å². The molecule has 0 bridgehead atoms. The summed E-state index contributed by atoms with van der Waals surface area (Å²) in [5.74, 6) is 0.461. The largest absolute Gasteiger partial charge is 0.394 e. The first-order chi connectivity index (χ1) is 35.6. The summed E-state index contributed by atoms with van der Waals surface area (Å²) < 4.78 is 48.8. The molecule has 1 unspecified atom stereocenters. The quantitative estimate of drug-likeness (QED) is 0.0859. The molecule has 0 aromatic heterocycles. The number of hydrogen-bond acceptors (Lipinski definition) is 21. The molecule has 4 aliphatic heterocycles. The molecule has 13 N–H and O–H groups in total. The van der Waals surface area contributed by atoms with E-state index in [0.717, 1.165) is 44.9 Å². The normalized spacial score (nSPS) is 50.5. The molecule has 3 saturated carbocycles. The van der Waals surface area contributed by atoms with E-state index in [-0.39, 0.29) is 46.7 Å². The van der Waals surface area contributed by atoms with Gasteiger partial charge in [0, 0.05) is 17.8 Å². The Kier molecular flexibility index (Phi) is 18.7. The highest BCUT2D eigenvalue weighted by Gasteiger charge is 2.68. The number of fused-ring (bicyclic) bond motifs is 5. The molecule has 0 radical (unpaired) electrons. The first-order valence-electron chi connectivity index (χ1n) is 28.2. The second-order valence-electron chi connectivity index (χ2n) is 26.1. The van der Waals surface area contributed by atoms with Crippen molar-refractivity contribution in [1.82, 2.24) is 0 Å². The zero-order valence-electron chi connectivity index (χ0n) is 46.0. The fourth-order valence-electron chi connectivity index (χ4n) is 15.8. The van der Waals surface area contributed by atoms with E-state index in [0.29, 0.717) is 30.6 Å². The lowest BCUT2D eigenvalue weighted by atomic mass is 9.39. The van der Waals surface area contributed by atoms with Crippen molar-refractivity contribution >= 4 is 0 Å². The first-order valence-corrected chi connectivity index (χ1v) is 28.2. The summed E-state index contributed by atoms with van der Waals surface area (Å²) in [6.45, 7) is 16.8. The van der Waals surface area contributed by atoms with E-state index in [2.05, 4.69) is 47.6 Å². The highest BCUT2D eigenvalue weighted by atomic mass is 16.8. The second-order valence-corrected chi connectivity index (χ2v) is 26.1. The van der Waals surface area contributed by atoms with Gasteiger partial charge in [0.15, 0.2) is 25.2 Å². The maximum Gasteiger partial charge on any atom is 0.187 e. The van der Waals surface area contributed by atoms with Gasteiger partial charge in [0.05, 0.1) is 62.5 Å². The zero-order valence-corrected chi connectivity index (χ0v) is 46.0. The number of allylic oxidation sites excluding steroid dienone is 1. The third kappa shape index (κ3) is 11.0. The van der Waals surface area contributed by atoms with Crippen molar-refractivity contribution in [2.24, 2.45) is 51.2 Å². The smallest absolute Gasteiger partial charge is 0.187 e. The molecule has 28 atom stereocenters. The zero-order chi connectivity index (χ0) is 55.8. The molecule has 21 nitrogen and oxygen atoms in total. The molecule has 0 aromatic carbocycles. The van der Waals surface area contributed by atoms with Crippen LogP contribution in [0.4, 0.5) is 0 Å². The minimum Gasteiger partial charge on any atom is -0.394 e. The molecule has 4 saturated heterocycles. The van der Waals surface area contributed by atoms with Gasteiger partial charge in [-0.15, -0.1) is 0 Å². The topological polar surface area (TPSA) is 337 Å². The van der Waals surface area contributed by atoms with Crippen molar-refractivity contribution in [2.45, 2.75) is 255 Å². The minimum atomic E-state index is -1.87. The van der Waals surface area contributed by atoms with Crippen LogP contribution in [0.1, 0.15) is 127 Å². The van der Waals surface area contributed by atoms with E-state index < -0.39 is 148 Å². The molecule has 7 fully saturated rings. The van der Waals surface area contributed by atoms with Crippen LogP contribution < -0.4 is 0 Å². The van der Waals surface area contributed by atoms with Gasteiger partial charge >= 0.3 is 0 Å². The molecule has 21 heteroatoms. The Morgan fingerprint density at radius 2 is 1.26 bits per heavy atom. The van der Waals surface area contributed by atoms with Crippen LogP contribution in [-0.4, -0.2) is 221 Å². The van der Waals surface area contributed by atoms with Crippen LogP contribution in [0.5, 0.6) is 0 Å². The number of aliphatic hydroxyl groups excluding tert-OH is 12. The van der Waals surface area contributed by atoms with Crippen molar-refractivity contribution in [3.05, 3.63) is 11.6 Å².